The molecule has 2 aromatic rings. The lowest BCUT2D eigenvalue weighted by Gasteiger charge is -2.28. The first kappa shape index (κ1) is 12.4. The largest absolute Gasteiger partial charge is 0.364 e. The minimum Gasteiger partial charge on any atom is -0.364 e. The van der Waals surface area contributed by atoms with Crippen LogP contribution in [0.3, 0.4) is 0 Å². The van der Waals surface area contributed by atoms with Crippen LogP contribution in [-0.2, 0) is 0 Å². The molecule has 1 fully saturated rings. The predicted molar refractivity (Wildman–Crippen MR) is 75.2 cm³/mol. The molecule has 1 saturated carbocycles. The van der Waals surface area contributed by atoms with E-state index in [1.54, 1.807) is 6.20 Å². The number of anilines is 1. The van der Waals surface area contributed by atoms with E-state index in [0.717, 1.165) is 23.2 Å². The van der Waals surface area contributed by atoms with Gasteiger partial charge in [-0.1, -0.05) is 19.3 Å². The minimum atomic E-state index is 0.441. The van der Waals surface area contributed by atoms with Crippen molar-refractivity contribution in [3.8, 4) is 0 Å². The van der Waals surface area contributed by atoms with Gasteiger partial charge in [0.2, 0.25) is 5.65 Å². The quantitative estimate of drug-likeness (QED) is 0.921. The summed E-state index contributed by atoms with van der Waals surface area (Å²) in [5, 5.41) is 11.8. The second kappa shape index (κ2) is 5.15. The third-order valence-electron chi connectivity index (χ3n) is 4.22. The van der Waals surface area contributed by atoms with Gasteiger partial charge < -0.3 is 5.32 Å². The van der Waals surface area contributed by atoms with Gasteiger partial charge in [-0.05, 0) is 32.6 Å². The average molecular weight is 259 g/mol. The molecule has 1 aliphatic carbocycles. The zero-order chi connectivity index (χ0) is 13.2. The van der Waals surface area contributed by atoms with Crippen LogP contribution in [0.15, 0.2) is 12.4 Å². The van der Waals surface area contributed by atoms with E-state index in [9.17, 15) is 0 Å². The number of hydrogen-bond donors (Lipinski definition) is 1. The molecular weight excluding hydrogens is 238 g/mol. The van der Waals surface area contributed by atoms with E-state index in [1.807, 2.05) is 17.5 Å². The Bertz CT molecular complexity index is 556. The molecule has 5 nitrogen and oxygen atoms in total. The molecule has 3 rings (SSSR count). The molecule has 0 bridgehead atoms. The average Bonchev–Trinajstić information content (AvgIpc) is 2.83. The monoisotopic (exact) mass is 259 g/mol. The lowest BCUT2D eigenvalue weighted by Crippen LogP contribution is -2.28. The van der Waals surface area contributed by atoms with Gasteiger partial charge in [0.05, 0.1) is 0 Å². The fourth-order valence-electron chi connectivity index (χ4n) is 3.01. The summed E-state index contributed by atoms with van der Waals surface area (Å²) in [6, 6.07) is 0.441. The van der Waals surface area contributed by atoms with E-state index in [1.165, 1.54) is 32.1 Å². The van der Waals surface area contributed by atoms with Crippen LogP contribution in [0.5, 0.6) is 0 Å². The summed E-state index contributed by atoms with van der Waals surface area (Å²) < 4.78 is 1.98. The fourth-order valence-corrected chi connectivity index (χ4v) is 3.01. The van der Waals surface area contributed by atoms with Gasteiger partial charge in [-0.25, -0.2) is 4.98 Å². The Morgan fingerprint density at radius 3 is 2.84 bits per heavy atom. The molecule has 19 heavy (non-hydrogen) atoms. The van der Waals surface area contributed by atoms with E-state index >= 15 is 0 Å². The standard InChI is InChI=1S/C14H21N5/c1-10(12-6-4-3-5-7-12)16-13-14-18-17-11(2)19(14)9-8-15-13/h8-10,12H,3-7H2,1-2H3,(H,15,16). The SMILES string of the molecule is Cc1nnc2c(NC(C)C3CCCCC3)nccn12. The molecule has 1 aliphatic rings. The van der Waals surface area contributed by atoms with E-state index in [2.05, 4.69) is 27.4 Å². The normalized spacial score (nSPS) is 18.6. The molecule has 102 valence electrons. The first-order chi connectivity index (χ1) is 9.25. The Morgan fingerprint density at radius 2 is 2.05 bits per heavy atom. The van der Waals surface area contributed by atoms with E-state index in [0.29, 0.717) is 6.04 Å². The predicted octanol–water partition coefficient (Wildman–Crippen LogP) is 2.81. The van der Waals surface area contributed by atoms with Crippen molar-refractivity contribution < 1.29 is 0 Å². The molecule has 0 aromatic carbocycles. The second-order valence-corrected chi connectivity index (χ2v) is 5.55. The zero-order valence-electron chi connectivity index (χ0n) is 11.6. The lowest BCUT2D eigenvalue weighted by atomic mass is 9.84. The summed E-state index contributed by atoms with van der Waals surface area (Å²) in [4.78, 5) is 4.42. The van der Waals surface area contributed by atoms with Gasteiger partial charge in [-0.15, -0.1) is 10.2 Å². The third kappa shape index (κ3) is 2.41. The maximum absolute atomic E-state index is 4.42. The Balaban J connectivity index is 1.80. The van der Waals surface area contributed by atoms with Crippen LogP contribution in [0.4, 0.5) is 5.82 Å². The van der Waals surface area contributed by atoms with Gasteiger partial charge in [0.15, 0.2) is 5.82 Å². The molecule has 2 heterocycles. The van der Waals surface area contributed by atoms with E-state index in [4.69, 9.17) is 0 Å². The molecular formula is C14H21N5. The highest BCUT2D eigenvalue weighted by atomic mass is 15.3. The van der Waals surface area contributed by atoms with Crippen molar-refractivity contribution in [2.45, 2.75) is 52.0 Å². The minimum absolute atomic E-state index is 0.441. The summed E-state index contributed by atoms with van der Waals surface area (Å²) >= 11 is 0. The van der Waals surface area contributed by atoms with Crippen LogP contribution >= 0.6 is 0 Å². The first-order valence-corrected chi connectivity index (χ1v) is 7.18. The summed E-state index contributed by atoms with van der Waals surface area (Å²) in [7, 11) is 0. The molecule has 5 heteroatoms. The van der Waals surface area contributed by atoms with Gasteiger partial charge in [0.1, 0.15) is 5.82 Å². The number of fused-ring (bicyclic) bond motifs is 1. The molecule has 1 unspecified atom stereocenters. The molecule has 1 N–H and O–H groups in total. The van der Waals surface area contributed by atoms with Crippen molar-refractivity contribution in [3.05, 3.63) is 18.2 Å². The second-order valence-electron chi connectivity index (χ2n) is 5.55. The third-order valence-corrected chi connectivity index (χ3v) is 4.22. The van der Waals surface area contributed by atoms with Crippen LogP contribution in [0, 0.1) is 12.8 Å². The number of rotatable bonds is 3. The van der Waals surface area contributed by atoms with Crippen LogP contribution in [0.1, 0.15) is 44.9 Å². The summed E-state index contributed by atoms with van der Waals surface area (Å²) in [6.45, 7) is 4.21. The maximum atomic E-state index is 4.42. The van der Waals surface area contributed by atoms with Crippen molar-refractivity contribution in [3.63, 3.8) is 0 Å². The van der Waals surface area contributed by atoms with Crippen molar-refractivity contribution in [2.24, 2.45) is 5.92 Å². The van der Waals surface area contributed by atoms with Crippen molar-refractivity contribution >= 4 is 11.5 Å². The molecule has 1 atom stereocenters. The molecule has 0 aliphatic heterocycles. The Labute approximate surface area is 113 Å². The highest BCUT2D eigenvalue weighted by Crippen LogP contribution is 2.28. The molecule has 2 aromatic heterocycles. The smallest absolute Gasteiger partial charge is 0.203 e. The van der Waals surface area contributed by atoms with Crippen LogP contribution in [-0.4, -0.2) is 25.6 Å². The Morgan fingerprint density at radius 1 is 1.26 bits per heavy atom. The molecule has 0 saturated heterocycles. The van der Waals surface area contributed by atoms with Gasteiger partial charge in [-0.3, -0.25) is 4.40 Å². The van der Waals surface area contributed by atoms with E-state index < -0.39 is 0 Å². The van der Waals surface area contributed by atoms with Crippen molar-refractivity contribution in [2.75, 3.05) is 5.32 Å². The highest BCUT2D eigenvalue weighted by molar-refractivity contribution is 5.62. The Hall–Kier alpha value is -1.65. The Kier molecular flexibility index (Phi) is 3.36. The topological polar surface area (TPSA) is 55.1 Å². The first-order valence-electron chi connectivity index (χ1n) is 7.18. The molecule has 0 spiro atoms. The number of nitrogens with zero attached hydrogens (tertiary/aromatic N) is 4. The summed E-state index contributed by atoms with van der Waals surface area (Å²) in [5.74, 6) is 2.49. The number of nitrogens with one attached hydrogen (secondary N) is 1. The molecule has 0 amide bonds. The number of aryl methyl sites for hydroxylation is 1. The van der Waals surface area contributed by atoms with Crippen LogP contribution < -0.4 is 5.32 Å². The zero-order valence-corrected chi connectivity index (χ0v) is 11.6. The van der Waals surface area contributed by atoms with Crippen LogP contribution in [0.2, 0.25) is 0 Å². The lowest BCUT2D eigenvalue weighted by molar-refractivity contribution is 0.328. The number of hydrogen-bond acceptors (Lipinski definition) is 4. The highest BCUT2D eigenvalue weighted by Gasteiger charge is 2.21. The fraction of sp³-hybridized carbons (Fsp3) is 0.643. The van der Waals surface area contributed by atoms with Gasteiger partial charge >= 0.3 is 0 Å². The summed E-state index contributed by atoms with van der Waals surface area (Å²) in [5.41, 5.74) is 0.822. The summed E-state index contributed by atoms with van der Waals surface area (Å²) in [6.07, 6.45) is 10.5. The molecule has 0 radical (unpaired) electrons. The maximum Gasteiger partial charge on any atom is 0.203 e. The van der Waals surface area contributed by atoms with Gasteiger partial charge in [-0.2, -0.15) is 0 Å². The van der Waals surface area contributed by atoms with Gasteiger partial charge in [0.25, 0.3) is 0 Å². The van der Waals surface area contributed by atoms with E-state index in [-0.39, 0.29) is 0 Å². The van der Waals surface area contributed by atoms with Crippen molar-refractivity contribution in [1.29, 1.82) is 0 Å². The van der Waals surface area contributed by atoms with Crippen molar-refractivity contribution in [1.82, 2.24) is 19.6 Å². The number of aromatic nitrogens is 4. The van der Waals surface area contributed by atoms with Crippen LogP contribution in [0.25, 0.3) is 5.65 Å². The van der Waals surface area contributed by atoms with Gasteiger partial charge in [0, 0.05) is 18.4 Å².